The quantitative estimate of drug-likeness (QED) is 0.820. The number of para-hydroxylation sites is 2. The lowest BCUT2D eigenvalue weighted by atomic mass is 10.3. The average Bonchev–Trinajstić information content (AvgIpc) is 2.66. The van der Waals surface area contributed by atoms with Crippen LogP contribution in [0.3, 0.4) is 0 Å². The summed E-state index contributed by atoms with van der Waals surface area (Å²) in [5, 5.41) is 11.0. The Balaban J connectivity index is 2.22. The number of carboxylic acids is 1. The van der Waals surface area contributed by atoms with Crippen LogP contribution >= 0.6 is 0 Å². The Kier molecular flexibility index (Phi) is 3.37. The van der Waals surface area contributed by atoms with E-state index in [2.05, 4.69) is 5.32 Å². The molecule has 0 fully saturated rings. The van der Waals surface area contributed by atoms with Crippen molar-refractivity contribution in [2.24, 2.45) is 0 Å². The third-order valence-electron chi connectivity index (χ3n) is 2.62. The molecule has 1 aromatic heterocycles. The van der Waals surface area contributed by atoms with E-state index in [0.717, 1.165) is 4.57 Å². The zero-order valence-corrected chi connectivity index (χ0v) is 10.1. The number of carboxylic acid groups (broad SMARTS) is 1. The van der Waals surface area contributed by atoms with Gasteiger partial charge in [0.25, 0.3) is 0 Å². The van der Waals surface area contributed by atoms with Crippen molar-refractivity contribution in [2.45, 2.75) is 19.5 Å². The van der Waals surface area contributed by atoms with Crippen molar-refractivity contribution in [1.29, 1.82) is 0 Å². The van der Waals surface area contributed by atoms with E-state index in [-0.39, 0.29) is 6.54 Å². The predicted molar refractivity (Wildman–Crippen MR) is 65.7 cm³/mol. The highest BCUT2D eigenvalue weighted by Crippen LogP contribution is 2.11. The van der Waals surface area contributed by atoms with Gasteiger partial charge in [-0.25, -0.2) is 4.79 Å². The average molecular weight is 264 g/mol. The maximum absolute atomic E-state index is 11.6. The van der Waals surface area contributed by atoms with E-state index < -0.39 is 23.7 Å². The normalized spacial score (nSPS) is 12.3. The van der Waals surface area contributed by atoms with E-state index in [1.165, 1.54) is 6.92 Å². The Morgan fingerprint density at radius 3 is 2.79 bits per heavy atom. The van der Waals surface area contributed by atoms with Crippen LogP contribution in [0.15, 0.2) is 33.5 Å². The van der Waals surface area contributed by atoms with E-state index in [9.17, 15) is 14.4 Å². The first-order chi connectivity index (χ1) is 8.99. The molecule has 2 rings (SSSR count). The number of fused-ring (bicyclic) bond motifs is 1. The van der Waals surface area contributed by atoms with Gasteiger partial charge in [0.15, 0.2) is 5.58 Å². The Morgan fingerprint density at radius 2 is 2.11 bits per heavy atom. The van der Waals surface area contributed by atoms with Crippen molar-refractivity contribution in [2.75, 3.05) is 0 Å². The third-order valence-corrected chi connectivity index (χ3v) is 2.62. The second-order valence-corrected chi connectivity index (χ2v) is 4.05. The topological polar surface area (TPSA) is 102 Å². The summed E-state index contributed by atoms with van der Waals surface area (Å²) in [5.41, 5.74) is 0.872. The summed E-state index contributed by atoms with van der Waals surface area (Å²) in [4.78, 5) is 33.9. The lowest BCUT2D eigenvalue weighted by Gasteiger charge is -2.09. The van der Waals surface area contributed by atoms with Crippen molar-refractivity contribution in [3.8, 4) is 0 Å². The zero-order chi connectivity index (χ0) is 14.0. The lowest BCUT2D eigenvalue weighted by Crippen LogP contribution is -2.41. The summed E-state index contributed by atoms with van der Waals surface area (Å²) in [6.45, 7) is 1.06. The van der Waals surface area contributed by atoms with Crippen LogP contribution in [0, 0.1) is 0 Å². The minimum absolute atomic E-state index is 0.284. The molecule has 0 bridgehead atoms. The number of hydrogen-bond acceptors (Lipinski definition) is 4. The molecule has 0 radical (unpaired) electrons. The number of carbonyl (C=O) groups excluding carboxylic acids is 1. The first kappa shape index (κ1) is 12.9. The number of hydrogen-bond donors (Lipinski definition) is 2. The van der Waals surface area contributed by atoms with E-state index in [1.54, 1.807) is 24.3 Å². The lowest BCUT2D eigenvalue weighted by molar-refractivity contribution is -0.141. The first-order valence-electron chi connectivity index (χ1n) is 5.59. The molecule has 0 aliphatic rings. The second-order valence-electron chi connectivity index (χ2n) is 4.05. The second kappa shape index (κ2) is 4.97. The summed E-state index contributed by atoms with van der Waals surface area (Å²) >= 11 is 0. The molecule has 2 aromatic rings. The number of aromatic nitrogens is 1. The third kappa shape index (κ3) is 2.65. The van der Waals surface area contributed by atoms with Gasteiger partial charge in [-0.15, -0.1) is 0 Å². The highest BCUT2D eigenvalue weighted by atomic mass is 16.4. The largest absolute Gasteiger partial charge is 0.480 e. The van der Waals surface area contributed by atoms with Gasteiger partial charge in [-0.3, -0.25) is 14.2 Å². The van der Waals surface area contributed by atoms with Crippen LogP contribution in [0.4, 0.5) is 0 Å². The number of aliphatic carboxylic acids is 1. The smallest absolute Gasteiger partial charge is 0.420 e. The fourth-order valence-electron chi connectivity index (χ4n) is 1.66. The van der Waals surface area contributed by atoms with E-state index in [0.29, 0.717) is 11.1 Å². The number of nitrogens with one attached hydrogen (secondary N) is 1. The SMILES string of the molecule is C[C@@H](NC(=O)Cn1c(=O)oc2ccccc21)C(=O)O. The Morgan fingerprint density at radius 1 is 1.42 bits per heavy atom. The number of amides is 1. The molecule has 0 aliphatic heterocycles. The van der Waals surface area contributed by atoms with Gasteiger partial charge in [0.05, 0.1) is 5.52 Å². The monoisotopic (exact) mass is 264 g/mol. The Hall–Kier alpha value is -2.57. The number of carbonyl (C=O) groups is 2. The summed E-state index contributed by atoms with van der Waals surface area (Å²) < 4.78 is 6.12. The predicted octanol–water partition coefficient (Wildman–Crippen LogP) is 0.184. The van der Waals surface area contributed by atoms with Crippen molar-refractivity contribution >= 4 is 23.0 Å². The molecule has 0 aliphatic carbocycles. The molecule has 1 heterocycles. The van der Waals surface area contributed by atoms with Gasteiger partial charge in [0, 0.05) is 0 Å². The fraction of sp³-hybridized carbons (Fsp3) is 0.250. The Bertz CT molecular complexity index is 685. The van der Waals surface area contributed by atoms with Crippen molar-refractivity contribution in [1.82, 2.24) is 9.88 Å². The number of rotatable bonds is 4. The van der Waals surface area contributed by atoms with Crippen LogP contribution in [0.1, 0.15) is 6.92 Å². The summed E-state index contributed by atoms with van der Waals surface area (Å²) in [5.74, 6) is -2.36. The molecule has 2 N–H and O–H groups in total. The molecule has 1 amide bonds. The van der Waals surface area contributed by atoms with E-state index >= 15 is 0 Å². The van der Waals surface area contributed by atoms with Crippen LogP contribution in [0.2, 0.25) is 0 Å². The number of oxazole rings is 1. The standard InChI is InChI=1S/C12H12N2O5/c1-7(11(16)17)13-10(15)6-14-8-4-2-3-5-9(8)19-12(14)18/h2-5,7H,6H2,1H3,(H,13,15)(H,16,17)/t7-/m1/s1. The number of nitrogens with zero attached hydrogens (tertiary/aromatic N) is 1. The van der Waals surface area contributed by atoms with Crippen LogP contribution in [0.25, 0.3) is 11.1 Å². The minimum atomic E-state index is -1.14. The molecule has 0 spiro atoms. The van der Waals surface area contributed by atoms with E-state index in [4.69, 9.17) is 9.52 Å². The van der Waals surface area contributed by atoms with Crippen LogP contribution < -0.4 is 11.1 Å². The fourth-order valence-corrected chi connectivity index (χ4v) is 1.66. The summed E-state index contributed by atoms with van der Waals surface area (Å²) in [6.07, 6.45) is 0. The van der Waals surface area contributed by atoms with Crippen molar-refractivity contribution in [3.63, 3.8) is 0 Å². The van der Waals surface area contributed by atoms with Gasteiger partial charge in [-0.2, -0.15) is 0 Å². The van der Waals surface area contributed by atoms with Gasteiger partial charge in [0.2, 0.25) is 5.91 Å². The molecular formula is C12H12N2O5. The molecule has 0 saturated carbocycles. The molecular weight excluding hydrogens is 252 g/mol. The Labute approximate surface area is 107 Å². The minimum Gasteiger partial charge on any atom is -0.480 e. The van der Waals surface area contributed by atoms with Crippen LogP contribution in [0.5, 0.6) is 0 Å². The van der Waals surface area contributed by atoms with Gasteiger partial charge in [-0.05, 0) is 19.1 Å². The maximum atomic E-state index is 11.6. The number of benzene rings is 1. The maximum Gasteiger partial charge on any atom is 0.420 e. The molecule has 100 valence electrons. The van der Waals surface area contributed by atoms with Crippen LogP contribution in [-0.4, -0.2) is 27.6 Å². The molecule has 7 heteroatoms. The summed E-state index contributed by atoms with van der Waals surface area (Å²) in [6, 6.07) is 5.67. The molecule has 0 saturated heterocycles. The summed E-state index contributed by atoms with van der Waals surface area (Å²) in [7, 11) is 0. The van der Waals surface area contributed by atoms with Gasteiger partial charge >= 0.3 is 11.7 Å². The first-order valence-corrected chi connectivity index (χ1v) is 5.59. The molecule has 7 nitrogen and oxygen atoms in total. The molecule has 1 aromatic carbocycles. The van der Waals surface area contributed by atoms with Gasteiger partial charge < -0.3 is 14.8 Å². The highest BCUT2D eigenvalue weighted by molar-refractivity contribution is 5.84. The van der Waals surface area contributed by atoms with Gasteiger partial charge in [0.1, 0.15) is 12.6 Å². The van der Waals surface area contributed by atoms with Crippen molar-refractivity contribution < 1.29 is 19.1 Å². The van der Waals surface area contributed by atoms with Crippen molar-refractivity contribution in [3.05, 3.63) is 34.8 Å². The zero-order valence-electron chi connectivity index (χ0n) is 10.1. The molecule has 1 atom stereocenters. The van der Waals surface area contributed by atoms with Crippen LogP contribution in [-0.2, 0) is 16.1 Å². The molecule has 19 heavy (non-hydrogen) atoms. The highest BCUT2D eigenvalue weighted by Gasteiger charge is 2.16. The molecule has 0 unspecified atom stereocenters. The van der Waals surface area contributed by atoms with Gasteiger partial charge in [-0.1, -0.05) is 12.1 Å². The van der Waals surface area contributed by atoms with E-state index in [1.807, 2.05) is 0 Å².